The Labute approximate surface area is 172 Å². The van der Waals surface area contributed by atoms with E-state index in [1.54, 1.807) is 12.0 Å². The predicted octanol–water partition coefficient (Wildman–Crippen LogP) is 2.07. The molecule has 0 aliphatic carbocycles. The van der Waals surface area contributed by atoms with Crippen molar-refractivity contribution in [3.63, 3.8) is 0 Å². The van der Waals surface area contributed by atoms with Crippen LogP contribution in [0.4, 0.5) is 0 Å². The number of amides is 2. The molecule has 2 aromatic rings. The number of methoxy groups -OCH3 is 1. The minimum absolute atomic E-state index is 0.137. The van der Waals surface area contributed by atoms with Crippen LogP contribution >= 0.6 is 0 Å². The molecule has 6 nitrogen and oxygen atoms in total. The highest BCUT2D eigenvalue weighted by Gasteiger charge is 2.30. The number of nitrogens with one attached hydrogen (secondary N) is 1. The van der Waals surface area contributed by atoms with E-state index in [1.807, 2.05) is 12.1 Å². The van der Waals surface area contributed by atoms with Gasteiger partial charge in [0, 0.05) is 46.4 Å². The Balaban J connectivity index is 1.62. The zero-order valence-electron chi connectivity index (χ0n) is 16.9. The Kier molecular flexibility index (Phi) is 7.78. The van der Waals surface area contributed by atoms with Crippen molar-refractivity contribution in [1.29, 1.82) is 0 Å². The minimum atomic E-state index is -0.530. The van der Waals surface area contributed by atoms with E-state index < -0.39 is 11.8 Å². The van der Waals surface area contributed by atoms with E-state index in [4.69, 9.17) is 4.74 Å². The lowest BCUT2D eigenvalue weighted by atomic mass is 9.96. The van der Waals surface area contributed by atoms with Crippen LogP contribution < -0.4 is 5.32 Å². The van der Waals surface area contributed by atoms with Gasteiger partial charge in [-0.2, -0.15) is 0 Å². The SMILES string of the molecule is COCCCNC(=O)C(=O)N1CCN(C(c2ccccc2)c2ccccc2)CC1. The molecule has 0 aromatic heterocycles. The lowest BCUT2D eigenvalue weighted by Crippen LogP contribution is -2.53. The molecule has 1 fully saturated rings. The second-order valence-electron chi connectivity index (χ2n) is 7.15. The number of benzene rings is 2. The smallest absolute Gasteiger partial charge is 0.311 e. The summed E-state index contributed by atoms with van der Waals surface area (Å²) >= 11 is 0. The molecule has 0 unspecified atom stereocenters. The number of hydrogen-bond donors (Lipinski definition) is 1. The zero-order chi connectivity index (χ0) is 20.5. The summed E-state index contributed by atoms with van der Waals surface area (Å²) < 4.78 is 4.96. The van der Waals surface area contributed by atoms with E-state index in [9.17, 15) is 9.59 Å². The average Bonchev–Trinajstić information content (AvgIpc) is 2.78. The van der Waals surface area contributed by atoms with Gasteiger partial charge >= 0.3 is 11.8 Å². The van der Waals surface area contributed by atoms with Crippen LogP contribution in [0.25, 0.3) is 0 Å². The van der Waals surface area contributed by atoms with Gasteiger partial charge in [0.15, 0.2) is 0 Å². The van der Waals surface area contributed by atoms with Gasteiger partial charge in [-0.25, -0.2) is 0 Å². The number of piperazine rings is 1. The lowest BCUT2D eigenvalue weighted by molar-refractivity contribution is -0.147. The third kappa shape index (κ3) is 5.65. The maximum atomic E-state index is 12.4. The van der Waals surface area contributed by atoms with E-state index in [0.717, 1.165) is 13.1 Å². The third-order valence-electron chi connectivity index (χ3n) is 5.20. The van der Waals surface area contributed by atoms with Crippen molar-refractivity contribution in [1.82, 2.24) is 15.1 Å². The standard InChI is InChI=1S/C23H29N3O3/c1-29-18-8-13-24-22(27)23(28)26-16-14-25(15-17-26)21(19-9-4-2-5-10-19)20-11-6-3-7-12-20/h2-7,9-12,21H,8,13-18H2,1H3,(H,24,27). The Morgan fingerprint density at radius 2 is 1.48 bits per heavy atom. The summed E-state index contributed by atoms with van der Waals surface area (Å²) in [6, 6.07) is 21.0. The summed E-state index contributed by atoms with van der Waals surface area (Å²) in [5.41, 5.74) is 2.46. The van der Waals surface area contributed by atoms with Gasteiger partial charge in [0.05, 0.1) is 6.04 Å². The van der Waals surface area contributed by atoms with Crippen LogP contribution in [0, 0.1) is 0 Å². The first-order valence-electron chi connectivity index (χ1n) is 10.1. The highest BCUT2D eigenvalue weighted by Crippen LogP contribution is 2.29. The molecule has 3 rings (SSSR count). The van der Waals surface area contributed by atoms with Crippen molar-refractivity contribution in [3.05, 3.63) is 71.8 Å². The maximum absolute atomic E-state index is 12.4. The second-order valence-corrected chi connectivity index (χ2v) is 7.15. The van der Waals surface area contributed by atoms with E-state index in [0.29, 0.717) is 32.7 Å². The highest BCUT2D eigenvalue weighted by atomic mass is 16.5. The fourth-order valence-corrected chi connectivity index (χ4v) is 3.71. The summed E-state index contributed by atoms with van der Waals surface area (Å²) in [6.07, 6.45) is 0.694. The molecule has 6 heteroatoms. The number of hydrogen-bond acceptors (Lipinski definition) is 4. The topological polar surface area (TPSA) is 61.9 Å². The molecule has 1 aliphatic rings. The van der Waals surface area contributed by atoms with Crippen molar-refractivity contribution in [2.45, 2.75) is 12.5 Å². The molecule has 154 valence electrons. The molecule has 2 aromatic carbocycles. The van der Waals surface area contributed by atoms with Crippen LogP contribution in [0.5, 0.6) is 0 Å². The Morgan fingerprint density at radius 3 is 2.00 bits per heavy atom. The van der Waals surface area contributed by atoms with Gasteiger partial charge in [0.2, 0.25) is 0 Å². The van der Waals surface area contributed by atoms with Gasteiger partial charge < -0.3 is 15.0 Å². The van der Waals surface area contributed by atoms with Crippen molar-refractivity contribution in [2.24, 2.45) is 0 Å². The van der Waals surface area contributed by atoms with Crippen LogP contribution in [0.15, 0.2) is 60.7 Å². The molecule has 0 bridgehead atoms. The average molecular weight is 396 g/mol. The summed E-state index contributed by atoms with van der Waals surface area (Å²) in [7, 11) is 1.62. The summed E-state index contributed by atoms with van der Waals surface area (Å²) in [4.78, 5) is 28.6. The van der Waals surface area contributed by atoms with Crippen molar-refractivity contribution < 1.29 is 14.3 Å². The first-order valence-corrected chi connectivity index (χ1v) is 10.1. The molecular weight excluding hydrogens is 366 g/mol. The maximum Gasteiger partial charge on any atom is 0.311 e. The van der Waals surface area contributed by atoms with Gasteiger partial charge in [-0.05, 0) is 17.5 Å². The zero-order valence-corrected chi connectivity index (χ0v) is 16.9. The minimum Gasteiger partial charge on any atom is -0.385 e. The molecule has 0 saturated carbocycles. The van der Waals surface area contributed by atoms with Crippen LogP contribution in [-0.4, -0.2) is 68.1 Å². The van der Waals surface area contributed by atoms with Gasteiger partial charge in [0.1, 0.15) is 0 Å². The molecule has 1 N–H and O–H groups in total. The molecule has 29 heavy (non-hydrogen) atoms. The van der Waals surface area contributed by atoms with Crippen LogP contribution in [0.2, 0.25) is 0 Å². The molecule has 0 radical (unpaired) electrons. The van der Waals surface area contributed by atoms with Crippen molar-refractivity contribution in [3.8, 4) is 0 Å². The number of ether oxygens (including phenoxy) is 1. The van der Waals surface area contributed by atoms with Gasteiger partial charge in [-0.3, -0.25) is 14.5 Å². The molecule has 1 heterocycles. The number of carbonyl (C=O) groups excluding carboxylic acids is 2. The number of rotatable bonds is 7. The predicted molar refractivity (Wildman–Crippen MR) is 112 cm³/mol. The van der Waals surface area contributed by atoms with Gasteiger partial charge in [-0.1, -0.05) is 60.7 Å². The summed E-state index contributed by atoms with van der Waals surface area (Å²) in [6.45, 7) is 3.53. The van der Waals surface area contributed by atoms with Crippen LogP contribution in [-0.2, 0) is 14.3 Å². The van der Waals surface area contributed by atoms with E-state index in [1.165, 1.54) is 11.1 Å². The monoisotopic (exact) mass is 395 g/mol. The normalized spacial score (nSPS) is 14.8. The van der Waals surface area contributed by atoms with E-state index in [2.05, 4.69) is 58.7 Å². The first kappa shape index (κ1) is 21.0. The van der Waals surface area contributed by atoms with E-state index in [-0.39, 0.29) is 6.04 Å². The third-order valence-corrected chi connectivity index (χ3v) is 5.20. The summed E-state index contributed by atoms with van der Waals surface area (Å²) in [5, 5.41) is 2.68. The van der Waals surface area contributed by atoms with Crippen molar-refractivity contribution >= 4 is 11.8 Å². The number of carbonyl (C=O) groups is 2. The molecule has 0 atom stereocenters. The highest BCUT2D eigenvalue weighted by molar-refractivity contribution is 6.35. The summed E-state index contributed by atoms with van der Waals surface area (Å²) in [5.74, 6) is -0.977. The lowest BCUT2D eigenvalue weighted by Gasteiger charge is -2.39. The molecule has 1 saturated heterocycles. The fraction of sp³-hybridized carbons (Fsp3) is 0.391. The molecule has 1 aliphatic heterocycles. The quantitative estimate of drug-likeness (QED) is 0.576. The van der Waals surface area contributed by atoms with Crippen LogP contribution in [0.1, 0.15) is 23.6 Å². The largest absolute Gasteiger partial charge is 0.385 e. The molecular formula is C23H29N3O3. The van der Waals surface area contributed by atoms with E-state index >= 15 is 0 Å². The van der Waals surface area contributed by atoms with Crippen LogP contribution in [0.3, 0.4) is 0 Å². The fourth-order valence-electron chi connectivity index (χ4n) is 3.71. The van der Waals surface area contributed by atoms with Crippen molar-refractivity contribution in [2.75, 3.05) is 46.4 Å². The second kappa shape index (κ2) is 10.7. The van der Waals surface area contributed by atoms with Gasteiger partial charge in [-0.15, -0.1) is 0 Å². The Bertz CT molecular complexity index is 735. The first-order chi connectivity index (χ1) is 14.2. The van der Waals surface area contributed by atoms with Gasteiger partial charge in [0.25, 0.3) is 0 Å². The molecule has 0 spiro atoms. The Morgan fingerprint density at radius 1 is 0.931 bits per heavy atom. The number of nitrogens with zero attached hydrogens (tertiary/aromatic N) is 2. The molecule has 2 amide bonds. The Hall–Kier alpha value is -2.70.